The van der Waals surface area contributed by atoms with Gasteiger partial charge in [0.25, 0.3) is 5.91 Å². The number of hydroxylamine groups is 2. The number of nitrogens with zero attached hydrogens (tertiary/aromatic N) is 1. The normalized spacial score (nSPS) is 24.0. The van der Waals surface area contributed by atoms with E-state index in [2.05, 4.69) is 0 Å². The molecule has 4 nitrogen and oxygen atoms in total. The summed E-state index contributed by atoms with van der Waals surface area (Å²) in [5.41, 5.74) is 0.0345. The molecule has 1 unspecified atom stereocenters. The molecule has 2 rings (SSSR count). The molecule has 6 heteroatoms. The van der Waals surface area contributed by atoms with Crippen LogP contribution in [-0.2, 0) is 20.9 Å². The van der Waals surface area contributed by atoms with E-state index < -0.39 is 11.2 Å². The summed E-state index contributed by atoms with van der Waals surface area (Å²) in [4.78, 5) is 18.7. The van der Waals surface area contributed by atoms with Crippen LogP contribution in [0.1, 0.15) is 32.3 Å². The van der Waals surface area contributed by atoms with Gasteiger partial charge in [0.05, 0.1) is 6.54 Å². The van der Waals surface area contributed by atoms with Crippen molar-refractivity contribution in [2.75, 3.05) is 13.0 Å². The lowest BCUT2D eigenvalue weighted by molar-refractivity contribution is -0.316. The Kier molecular flexibility index (Phi) is 5.38. The van der Waals surface area contributed by atoms with Gasteiger partial charge in [0, 0.05) is 24.4 Å². The number of carbonyl (C=O) groups is 1. The molecule has 0 spiro atoms. The van der Waals surface area contributed by atoms with Crippen LogP contribution in [0.2, 0.25) is 5.02 Å². The summed E-state index contributed by atoms with van der Waals surface area (Å²) in [5.74, 6) is -0.632. The lowest BCUT2D eigenvalue weighted by Crippen LogP contribution is -2.46. The summed E-state index contributed by atoms with van der Waals surface area (Å²) in [7, 11) is 1.56. The van der Waals surface area contributed by atoms with E-state index in [4.69, 9.17) is 32.8 Å². The molecule has 0 bridgehead atoms. The predicted molar refractivity (Wildman–Crippen MR) is 86.6 cm³/mol. The van der Waals surface area contributed by atoms with Crippen LogP contribution >= 0.6 is 23.2 Å². The predicted octanol–water partition coefficient (Wildman–Crippen LogP) is 4.00. The fourth-order valence-electron chi connectivity index (χ4n) is 2.75. The minimum absolute atomic E-state index is 0.121. The highest BCUT2D eigenvalue weighted by Gasteiger charge is 2.60. The number of rotatable bonds is 6. The smallest absolute Gasteiger partial charge is 0.257 e. The van der Waals surface area contributed by atoms with Crippen molar-refractivity contribution in [3.8, 4) is 0 Å². The van der Waals surface area contributed by atoms with Gasteiger partial charge in [-0.25, -0.2) is 9.90 Å². The zero-order chi connectivity index (χ0) is 16.4. The molecule has 0 aromatic heterocycles. The highest BCUT2D eigenvalue weighted by molar-refractivity contribution is 6.31. The topological polar surface area (TPSA) is 38.8 Å². The Hall–Kier alpha value is -0.810. The molecule has 1 amide bonds. The molecule has 0 radical (unpaired) electrons. The van der Waals surface area contributed by atoms with Gasteiger partial charge in [-0.05, 0) is 31.9 Å². The summed E-state index contributed by atoms with van der Waals surface area (Å²) in [6.07, 6.45) is 1.25. The third-order valence-electron chi connectivity index (χ3n) is 4.21. The van der Waals surface area contributed by atoms with Gasteiger partial charge in [0.1, 0.15) is 5.41 Å². The maximum absolute atomic E-state index is 12.7. The summed E-state index contributed by atoms with van der Waals surface area (Å²) >= 11 is 12.0. The average molecular weight is 346 g/mol. The van der Waals surface area contributed by atoms with Crippen LogP contribution in [0.15, 0.2) is 24.3 Å². The Balaban J connectivity index is 2.25. The van der Waals surface area contributed by atoms with Gasteiger partial charge in [-0.1, -0.05) is 29.8 Å². The Morgan fingerprint density at radius 1 is 1.32 bits per heavy atom. The van der Waals surface area contributed by atoms with Crippen molar-refractivity contribution < 1.29 is 14.4 Å². The van der Waals surface area contributed by atoms with E-state index >= 15 is 0 Å². The van der Waals surface area contributed by atoms with Crippen molar-refractivity contribution in [2.24, 2.45) is 5.41 Å². The van der Waals surface area contributed by atoms with E-state index in [0.717, 1.165) is 5.56 Å². The van der Waals surface area contributed by atoms with Crippen molar-refractivity contribution in [2.45, 2.75) is 39.0 Å². The second-order valence-corrected chi connectivity index (χ2v) is 6.68. The number of alkyl halides is 1. The van der Waals surface area contributed by atoms with Crippen molar-refractivity contribution in [1.29, 1.82) is 0 Å². The number of hydrogen-bond donors (Lipinski definition) is 0. The maximum atomic E-state index is 12.7. The third-order valence-corrected chi connectivity index (χ3v) is 4.85. The van der Waals surface area contributed by atoms with Gasteiger partial charge >= 0.3 is 0 Å². The van der Waals surface area contributed by atoms with Crippen LogP contribution in [0.25, 0.3) is 0 Å². The fraction of sp³-hybridized carbons (Fsp3) is 0.562. The molecule has 1 aromatic carbocycles. The first kappa shape index (κ1) is 17.5. The van der Waals surface area contributed by atoms with E-state index in [0.29, 0.717) is 23.7 Å². The standard InChI is InChI=1S/C16H21Cl2NO3/c1-15(2)14(20)19(11-12-7-4-5-8-13(12)18)22-16(15,21-3)9-6-10-17/h4-5,7-8H,6,9-11H2,1-3H3. The lowest BCUT2D eigenvalue weighted by atomic mass is 9.80. The Bertz CT molecular complexity index is 550. The molecule has 1 atom stereocenters. The van der Waals surface area contributed by atoms with Gasteiger partial charge in [-0.15, -0.1) is 11.6 Å². The number of carbonyl (C=O) groups excluding carboxylic acids is 1. The zero-order valence-corrected chi connectivity index (χ0v) is 14.6. The number of methoxy groups -OCH3 is 1. The van der Waals surface area contributed by atoms with Gasteiger partial charge in [0.2, 0.25) is 5.79 Å². The minimum Gasteiger partial charge on any atom is -0.350 e. The molecule has 1 aliphatic rings. The van der Waals surface area contributed by atoms with Gasteiger partial charge in [-0.3, -0.25) is 4.79 Å². The Labute approximate surface area is 141 Å². The number of amides is 1. The quantitative estimate of drug-likeness (QED) is 0.731. The Morgan fingerprint density at radius 3 is 2.59 bits per heavy atom. The summed E-state index contributed by atoms with van der Waals surface area (Å²) in [5, 5.41) is 1.95. The largest absolute Gasteiger partial charge is 0.350 e. The molecule has 0 aliphatic carbocycles. The molecular formula is C16H21Cl2NO3. The molecule has 1 aliphatic heterocycles. The number of benzene rings is 1. The molecule has 0 saturated carbocycles. The van der Waals surface area contributed by atoms with Crippen LogP contribution in [-0.4, -0.2) is 29.7 Å². The van der Waals surface area contributed by atoms with E-state index in [9.17, 15) is 4.79 Å². The van der Waals surface area contributed by atoms with Crippen LogP contribution < -0.4 is 0 Å². The molecule has 1 fully saturated rings. The Morgan fingerprint density at radius 2 is 2.00 bits per heavy atom. The lowest BCUT2D eigenvalue weighted by Gasteiger charge is -2.34. The first-order valence-electron chi connectivity index (χ1n) is 7.23. The highest BCUT2D eigenvalue weighted by Crippen LogP contribution is 2.47. The molecule has 22 heavy (non-hydrogen) atoms. The van der Waals surface area contributed by atoms with E-state index in [1.165, 1.54) is 5.06 Å². The molecule has 122 valence electrons. The monoisotopic (exact) mass is 345 g/mol. The highest BCUT2D eigenvalue weighted by atomic mass is 35.5. The van der Waals surface area contributed by atoms with Crippen molar-refractivity contribution in [3.63, 3.8) is 0 Å². The summed E-state index contributed by atoms with van der Waals surface area (Å²) in [6, 6.07) is 7.39. The third kappa shape index (κ3) is 2.98. The number of hydrogen-bond acceptors (Lipinski definition) is 3. The van der Waals surface area contributed by atoms with Crippen molar-refractivity contribution >= 4 is 29.1 Å². The first-order valence-corrected chi connectivity index (χ1v) is 8.15. The summed E-state index contributed by atoms with van der Waals surface area (Å²) < 4.78 is 5.61. The van der Waals surface area contributed by atoms with Crippen molar-refractivity contribution in [1.82, 2.24) is 5.06 Å². The van der Waals surface area contributed by atoms with Gasteiger partial charge < -0.3 is 4.74 Å². The molecule has 1 aromatic rings. The van der Waals surface area contributed by atoms with Crippen LogP contribution in [0.5, 0.6) is 0 Å². The molecular weight excluding hydrogens is 325 g/mol. The number of halogens is 2. The minimum atomic E-state index is -1.000. The van der Waals surface area contributed by atoms with E-state index in [1.54, 1.807) is 13.2 Å². The second-order valence-electron chi connectivity index (χ2n) is 5.90. The van der Waals surface area contributed by atoms with Gasteiger partial charge in [-0.2, -0.15) is 0 Å². The zero-order valence-electron chi connectivity index (χ0n) is 13.1. The van der Waals surface area contributed by atoms with E-state index in [1.807, 2.05) is 32.0 Å². The van der Waals surface area contributed by atoms with Gasteiger partial charge in [0.15, 0.2) is 0 Å². The fourth-order valence-corrected chi connectivity index (χ4v) is 3.07. The maximum Gasteiger partial charge on any atom is 0.257 e. The van der Waals surface area contributed by atoms with E-state index in [-0.39, 0.29) is 12.5 Å². The first-order chi connectivity index (χ1) is 10.4. The summed E-state index contributed by atoms with van der Waals surface area (Å²) in [6.45, 7) is 3.95. The molecule has 0 N–H and O–H groups in total. The molecule has 1 saturated heterocycles. The second kappa shape index (κ2) is 6.75. The SMILES string of the molecule is COC1(CCCCl)ON(Cc2ccccc2Cl)C(=O)C1(C)C. The molecule has 1 heterocycles. The van der Waals surface area contributed by atoms with Crippen molar-refractivity contribution in [3.05, 3.63) is 34.9 Å². The number of ether oxygens (including phenoxy) is 1. The van der Waals surface area contributed by atoms with Crippen LogP contribution in [0.3, 0.4) is 0 Å². The van der Waals surface area contributed by atoms with Crippen LogP contribution in [0.4, 0.5) is 0 Å². The van der Waals surface area contributed by atoms with Crippen LogP contribution in [0, 0.1) is 5.41 Å². The average Bonchev–Trinajstić information content (AvgIpc) is 2.68.